The van der Waals surface area contributed by atoms with Crippen molar-refractivity contribution in [3.8, 4) is 0 Å². The molecule has 0 radical (unpaired) electrons. The Balaban J connectivity index is 1.51. The molecule has 0 aliphatic heterocycles. The zero-order valence-corrected chi connectivity index (χ0v) is 17.2. The highest BCUT2D eigenvalue weighted by atomic mass is 16.5. The summed E-state index contributed by atoms with van der Waals surface area (Å²) in [5.41, 5.74) is 0.551. The second-order valence-corrected chi connectivity index (χ2v) is 10.6. The molecule has 152 valence electrons. The van der Waals surface area contributed by atoms with Crippen LogP contribution in [0.5, 0.6) is 0 Å². The molecule has 0 aromatic carbocycles. The van der Waals surface area contributed by atoms with E-state index in [1.807, 2.05) is 0 Å². The smallest absolute Gasteiger partial charge is 0.303 e. The van der Waals surface area contributed by atoms with Crippen LogP contribution < -0.4 is 0 Å². The van der Waals surface area contributed by atoms with Crippen LogP contribution in [0.4, 0.5) is 0 Å². The van der Waals surface area contributed by atoms with E-state index in [1.54, 1.807) is 6.92 Å². The third-order valence-corrected chi connectivity index (χ3v) is 9.46. The molecule has 0 amide bonds. The Morgan fingerprint density at radius 1 is 0.963 bits per heavy atom. The topological polar surface area (TPSA) is 63.6 Å². The number of fused-ring (bicyclic) bond motifs is 5. The number of rotatable bonds is 3. The third kappa shape index (κ3) is 3.11. The number of hydrogen-bond donors (Lipinski definition) is 1. The predicted octanol–water partition coefficient (Wildman–Crippen LogP) is 5.05. The Hall–Kier alpha value is -1.06. The van der Waals surface area contributed by atoms with Crippen molar-refractivity contribution in [2.45, 2.75) is 91.1 Å². The Morgan fingerprint density at radius 3 is 2.37 bits per heavy atom. The van der Waals surface area contributed by atoms with Crippen molar-refractivity contribution in [1.29, 1.82) is 0 Å². The van der Waals surface area contributed by atoms with Gasteiger partial charge < -0.3 is 9.84 Å². The molecule has 0 aromatic heterocycles. The molecule has 4 aliphatic carbocycles. The summed E-state index contributed by atoms with van der Waals surface area (Å²) in [6.07, 6.45) is 11.1. The molecular formula is C23H36O4. The van der Waals surface area contributed by atoms with Crippen molar-refractivity contribution in [2.75, 3.05) is 0 Å². The number of ether oxygens (including phenoxy) is 1. The van der Waals surface area contributed by atoms with Gasteiger partial charge in [-0.1, -0.05) is 13.8 Å². The summed E-state index contributed by atoms with van der Waals surface area (Å²) in [6, 6.07) is 0. The van der Waals surface area contributed by atoms with E-state index in [0.29, 0.717) is 29.6 Å². The minimum absolute atomic E-state index is 0.109. The highest BCUT2D eigenvalue weighted by Crippen LogP contribution is 2.67. The second kappa shape index (κ2) is 6.77. The van der Waals surface area contributed by atoms with Gasteiger partial charge in [-0.3, -0.25) is 9.59 Å². The fraction of sp³-hybridized carbons (Fsp3) is 0.913. The van der Waals surface area contributed by atoms with Gasteiger partial charge in [0, 0.05) is 18.8 Å². The van der Waals surface area contributed by atoms with Gasteiger partial charge in [-0.2, -0.15) is 0 Å². The highest BCUT2D eigenvalue weighted by molar-refractivity contribution is 5.67. The van der Waals surface area contributed by atoms with Crippen molar-refractivity contribution in [2.24, 2.45) is 40.4 Å². The zero-order chi connectivity index (χ0) is 19.4. The molecule has 27 heavy (non-hydrogen) atoms. The van der Waals surface area contributed by atoms with E-state index < -0.39 is 5.97 Å². The molecule has 4 rings (SSSR count). The lowest BCUT2D eigenvalue weighted by Gasteiger charge is -2.61. The molecule has 0 bridgehead atoms. The van der Waals surface area contributed by atoms with Gasteiger partial charge in [0.15, 0.2) is 0 Å². The summed E-state index contributed by atoms with van der Waals surface area (Å²) in [5.74, 6) is 2.55. The van der Waals surface area contributed by atoms with Crippen molar-refractivity contribution >= 4 is 11.9 Å². The molecule has 1 N–H and O–H groups in total. The number of hydrogen-bond acceptors (Lipinski definition) is 3. The van der Waals surface area contributed by atoms with Gasteiger partial charge in [0.1, 0.15) is 6.10 Å². The Labute approximate surface area is 163 Å². The number of esters is 1. The Bertz CT molecular complexity index is 615. The average molecular weight is 377 g/mol. The number of aliphatic carboxylic acids is 1. The minimum atomic E-state index is -0.631. The second-order valence-electron chi connectivity index (χ2n) is 10.6. The first-order chi connectivity index (χ1) is 12.7. The summed E-state index contributed by atoms with van der Waals surface area (Å²) in [4.78, 5) is 22.7. The van der Waals surface area contributed by atoms with E-state index >= 15 is 0 Å². The SMILES string of the molecule is CC(=O)O[C@H]1CC[C@@H]2[C@@H]3CC[C@H]4C[C@@H](CC(=O)O)CC[C@]4(C)[C@H]3CC[C@]12C. The molecule has 8 atom stereocenters. The molecule has 0 unspecified atom stereocenters. The lowest BCUT2D eigenvalue weighted by molar-refractivity contribution is -0.162. The van der Waals surface area contributed by atoms with Crippen LogP contribution in [-0.4, -0.2) is 23.1 Å². The first-order valence-corrected chi connectivity index (χ1v) is 11.1. The molecule has 0 spiro atoms. The van der Waals surface area contributed by atoms with Gasteiger partial charge in [-0.25, -0.2) is 0 Å². The Morgan fingerprint density at radius 2 is 1.67 bits per heavy atom. The summed E-state index contributed by atoms with van der Waals surface area (Å²) in [5, 5.41) is 9.20. The summed E-state index contributed by atoms with van der Waals surface area (Å²) >= 11 is 0. The van der Waals surface area contributed by atoms with Gasteiger partial charge in [0.25, 0.3) is 0 Å². The normalized spacial score (nSPS) is 48.9. The average Bonchev–Trinajstić information content (AvgIpc) is 2.91. The number of carboxylic acids is 1. The van der Waals surface area contributed by atoms with Crippen LogP contribution in [0.3, 0.4) is 0 Å². The fourth-order valence-corrected chi connectivity index (χ4v) is 8.13. The molecule has 4 saturated carbocycles. The lowest BCUT2D eigenvalue weighted by Crippen LogP contribution is -2.54. The van der Waals surface area contributed by atoms with Crippen molar-refractivity contribution < 1.29 is 19.4 Å². The molecule has 4 fully saturated rings. The first-order valence-electron chi connectivity index (χ1n) is 11.1. The van der Waals surface area contributed by atoms with Crippen molar-refractivity contribution in [3.63, 3.8) is 0 Å². The van der Waals surface area contributed by atoms with E-state index in [1.165, 1.54) is 38.5 Å². The van der Waals surface area contributed by atoms with Crippen LogP contribution in [0.2, 0.25) is 0 Å². The van der Waals surface area contributed by atoms with E-state index in [4.69, 9.17) is 4.74 Å². The van der Waals surface area contributed by atoms with Crippen LogP contribution in [-0.2, 0) is 14.3 Å². The van der Waals surface area contributed by atoms with E-state index in [2.05, 4.69) is 13.8 Å². The Kier molecular flexibility index (Phi) is 4.83. The molecule has 0 heterocycles. The standard InChI is InChI=1S/C23H36O4/c1-14(24)27-20-7-6-18-17-5-4-16-12-15(13-21(25)26)8-10-22(16,2)19(17)9-11-23(18,20)3/h15-20H,4-13H2,1-3H3,(H,25,26)/t15-,16-,17-,18+,19-,20-,22-,23-/m0/s1. The summed E-state index contributed by atoms with van der Waals surface area (Å²) < 4.78 is 5.75. The van der Waals surface area contributed by atoms with Gasteiger partial charge in [0.2, 0.25) is 0 Å². The third-order valence-electron chi connectivity index (χ3n) is 9.46. The predicted molar refractivity (Wildman–Crippen MR) is 103 cm³/mol. The largest absolute Gasteiger partial charge is 0.481 e. The van der Waals surface area contributed by atoms with Crippen molar-refractivity contribution in [3.05, 3.63) is 0 Å². The van der Waals surface area contributed by atoms with Crippen LogP contribution in [0, 0.1) is 40.4 Å². The highest BCUT2D eigenvalue weighted by Gasteiger charge is 2.61. The maximum atomic E-state index is 11.6. The minimum Gasteiger partial charge on any atom is -0.481 e. The first kappa shape index (κ1) is 19.3. The van der Waals surface area contributed by atoms with E-state index in [9.17, 15) is 14.7 Å². The monoisotopic (exact) mass is 376 g/mol. The summed E-state index contributed by atoms with van der Waals surface area (Å²) in [7, 11) is 0. The summed E-state index contributed by atoms with van der Waals surface area (Å²) in [6.45, 7) is 6.45. The van der Waals surface area contributed by atoms with Gasteiger partial charge >= 0.3 is 11.9 Å². The lowest BCUT2D eigenvalue weighted by atomic mass is 9.44. The van der Waals surface area contributed by atoms with Crippen LogP contribution in [0.1, 0.15) is 85.0 Å². The zero-order valence-electron chi connectivity index (χ0n) is 17.2. The molecule has 4 heteroatoms. The molecule has 4 nitrogen and oxygen atoms in total. The molecule has 4 aliphatic rings. The van der Waals surface area contributed by atoms with E-state index in [0.717, 1.165) is 31.1 Å². The number of carbonyl (C=O) groups excluding carboxylic acids is 1. The molecule has 0 saturated heterocycles. The maximum Gasteiger partial charge on any atom is 0.303 e. The maximum absolute atomic E-state index is 11.6. The van der Waals surface area contributed by atoms with Gasteiger partial charge in [-0.15, -0.1) is 0 Å². The fourth-order valence-electron chi connectivity index (χ4n) is 8.13. The van der Waals surface area contributed by atoms with Crippen molar-refractivity contribution in [1.82, 2.24) is 0 Å². The van der Waals surface area contributed by atoms with Crippen LogP contribution in [0.15, 0.2) is 0 Å². The quantitative estimate of drug-likeness (QED) is 0.700. The van der Waals surface area contributed by atoms with Gasteiger partial charge in [0.05, 0.1) is 0 Å². The molecule has 0 aromatic rings. The number of carbonyl (C=O) groups is 2. The van der Waals surface area contributed by atoms with Crippen LogP contribution >= 0.6 is 0 Å². The van der Waals surface area contributed by atoms with Crippen LogP contribution in [0.25, 0.3) is 0 Å². The molecular weight excluding hydrogens is 340 g/mol. The van der Waals surface area contributed by atoms with Gasteiger partial charge in [-0.05, 0) is 92.8 Å². The number of carboxylic acid groups (broad SMARTS) is 1. The van der Waals surface area contributed by atoms with E-state index in [-0.39, 0.29) is 17.5 Å².